The molecule has 0 spiro atoms. The first kappa shape index (κ1) is 14.9. The Kier molecular flexibility index (Phi) is 4.65. The topological polar surface area (TPSA) is 58.4 Å². The number of aromatic nitrogens is 2. The molecule has 116 valence electrons. The van der Waals surface area contributed by atoms with Gasteiger partial charge in [0.15, 0.2) is 0 Å². The van der Waals surface area contributed by atoms with Gasteiger partial charge in [-0.1, -0.05) is 0 Å². The summed E-state index contributed by atoms with van der Waals surface area (Å²) in [5.74, 6) is -0.0229. The maximum absolute atomic E-state index is 12.3. The van der Waals surface area contributed by atoms with Crippen molar-refractivity contribution in [2.75, 3.05) is 26.2 Å². The van der Waals surface area contributed by atoms with Crippen LogP contribution >= 0.6 is 11.3 Å². The Labute approximate surface area is 132 Å². The average Bonchev–Trinajstić information content (AvgIpc) is 3.03. The molecule has 3 heterocycles. The predicted molar refractivity (Wildman–Crippen MR) is 84.7 cm³/mol. The summed E-state index contributed by atoms with van der Waals surface area (Å²) in [5.41, 5.74) is 1.13. The average molecular weight is 318 g/mol. The normalized spacial score (nSPS) is 15.9. The van der Waals surface area contributed by atoms with Crippen LogP contribution in [0.25, 0.3) is 0 Å². The zero-order valence-corrected chi connectivity index (χ0v) is 13.0. The first-order valence-electron chi connectivity index (χ1n) is 7.24. The van der Waals surface area contributed by atoms with E-state index in [0.717, 1.165) is 19.6 Å². The molecule has 1 aliphatic heterocycles. The zero-order valence-electron chi connectivity index (χ0n) is 12.2. The Morgan fingerprint density at radius 2 is 2.05 bits per heavy atom. The fourth-order valence-electron chi connectivity index (χ4n) is 2.54. The van der Waals surface area contributed by atoms with Crippen molar-refractivity contribution in [3.05, 3.63) is 51.3 Å². The molecule has 0 unspecified atom stereocenters. The number of hydrogen-bond donors (Lipinski definition) is 0. The molecule has 3 rings (SSSR count). The van der Waals surface area contributed by atoms with Crippen LogP contribution < -0.4 is 5.56 Å². The Hall–Kier alpha value is -1.99. The van der Waals surface area contributed by atoms with E-state index in [-0.39, 0.29) is 18.0 Å². The summed E-state index contributed by atoms with van der Waals surface area (Å²) in [6, 6.07) is 3.50. The van der Waals surface area contributed by atoms with Crippen LogP contribution in [-0.4, -0.2) is 51.4 Å². The van der Waals surface area contributed by atoms with E-state index in [1.165, 1.54) is 28.7 Å². The van der Waals surface area contributed by atoms with Crippen molar-refractivity contribution in [3.8, 4) is 0 Å². The van der Waals surface area contributed by atoms with E-state index in [9.17, 15) is 9.59 Å². The van der Waals surface area contributed by atoms with Crippen LogP contribution in [0.5, 0.6) is 0 Å². The fourth-order valence-corrected chi connectivity index (χ4v) is 3.20. The van der Waals surface area contributed by atoms with Crippen LogP contribution in [0.2, 0.25) is 0 Å². The smallest absolute Gasteiger partial charge is 0.253 e. The third kappa shape index (κ3) is 3.61. The molecule has 2 aromatic rings. The van der Waals surface area contributed by atoms with Gasteiger partial charge in [-0.3, -0.25) is 19.1 Å². The number of thiophene rings is 1. The molecule has 0 atom stereocenters. The first-order valence-corrected chi connectivity index (χ1v) is 8.18. The third-order valence-electron chi connectivity index (χ3n) is 3.81. The van der Waals surface area contributed by atoms with Crippen molar-refractivity contribution < 1.29 is 4.79 Å². The van der Waals surface area contributed by atoms with Crippen molar-refractivity contribution in [1.29, 1.82) is 0 Å². The second-order valence-corrected chi connectivity index (χ2v) is 6.11. The van der Waals surface area contributed by atoms with Crippen LogP contribution in [0.1, 0.15) is 5.56 Å². The highest BCUT2D eigenvalue weighted by Gasteiger charge is 2.21. The molecule has 1 saturated heterocycles. The van der Waals surface area contributed by atoms with Crippen LogP contribution in [0.15, 0.2) is 40.2 Å². The van der Waals surface area contributed by atoms with Crippen molar-refractivity contribution in [3.63, 3.8) is 0 Å². The molecule has 0 aromatic carbocycles. The molecule has 2 aromatic heterocycles. The van der Waals surface area contributed by atoms with Gasteiger partial charge in [-0.15, -0.1) is 0 Å². The maximum atomic E-state index is 12.3. The van der Waals surface area contributed by atoms with Gasteiger partial charge in [-0.05, 0) is 22.4 Å². The van der Waals surface area contributed by atoms with Gasteiger partial charge in [0.2, 0.25) is 5.91 Å². The predicted octanol–water partition coefficient (Wildman–Crippen LogP) is 0.649. The highest BCUT2D eigenvalue weighted by Crippen LogP contribution is 2.11. The van der Waals surface area contributed by atoms with Gasteiger partial charge < -0.3 is 4.90 Å². The van der Waals surface area contributed by atoms with Crippen LogP contribution in [-0.2, 0) is 17.9 Å². The number of rotatable bonds is 4. The summed E-state index contributed by atoms with van der Waals surface area (Å²) < 4.78 is 1.35. The molecular weight excluding hydrogens is 300 g/mol. The number of carbonyl (C=O) groups excluding carboxylic acids is 1. The summed E-state index contributed by atoms with van der Waals surface area (Å²) in [6.07, 6.45) is 2.85. The second-order valence-electron chi connectivity index (χ2n) is 5.33. The molecule has 0 N–H and O–H groups in total. The number of hydrogen-bond acceptors (Lipinski definition) is 5. The lowest BCUT2D eigenvalue weighted by Gasteiger charge is -2.34. The van der Waals surface area contributed by atoms with Gasteiger partial charge in [0, 0.05) is 45.0 Å². The van der Waals surface area contributed by atoms with E-state index in [4.69, 9.17) is 0 Å². The molecule has 22 heavy (non-hydrogen) atoms. The quantitative estimate of drug-likeness (QED) is 0.830. The SMILES string of the molecule is O=C(Cn1cnccc1=O)N1CCN(Cc2ccsc2)CC1. The van der Waals surface area contributed by atoms with Crippen molar-refractivity contribution in [1.82, 2.24) is 19.4 Å². The summed E-state index contributed by atoms with van der Waals surface area (Å²) in [5, 5.41) is 4.24. The minimum atomic E-state index is -0.195. The lowest BCUT2D eigenvalue weighted by atomic mass is 10.2. The van der Waals surface area contributed by atoms with Gasteiger partial charge >= 0.3 is 0 Å². The van der Waals surface area contributed by atoms with E-state index in [1.807, 2.05) is 4.90 Å². The Morgan fingerprint density at radius 1 is 1.23 bits per heavy atom. The summed E-state index contributed by atoms with van der Waals surface area (Å²) in [7, 11) is 0. The first-order chi connectivity index (χ1) is 10.7. The highest BCUT2D eigenvalue weighted by atomic mass is 32.1. The molecule has 0 aliphatic carbocycles. The van der Waals surface area contributed by atoms with Gasteiger partial charge in [0.1, 0.15) is 6.54 Å². The largest absolute Gasteiger partial charge is 0.339 e. The number of carbonyl (C=O) groups is 1. The highest BCUT2D eigenvalue weighted by molar-refractivity contribution is 7.07. The monoisotopic (exact) mass is 318 g/mol. The van der Waals surface area contributed by atoms with Gasteiger partial charge in [-0.25, -0.2) is 4.98 Å². The summed E-state index contributed by atoms with van der Waals surface area (Å²) >= 11 is 1.71. The fraction of sp³-hybridized carbons (Fsp3) is 0.400. The molecule has 1 fully saturated rings. The third-order valence-corrected chi connectivity index (χ3v) is 4.54. The Morgan fingerprint density at radius 3 is 2.73 bits per heavy atom. The number of nitrogens with zero attached hydrogens (tertiary/aromatic N) is 4. The lowest BCUT2D eigenvalue weighted by molar-refractivity contribution is -0.133. The van der Waals surface area contributed by atoms with E-state index < -0.39 is 0 Å². The van der Waals surface area contributed by atoms with Gasteiger partial charge in [-0.2, -0.15) is 11.3 Å². The lowest BCUT2D eigenvalue weighted by Crippen LogP contribution is -2.49. The van der Waals surface area contributed by atoms with Gasteiger partial charge in [0.25, 0.3) is 5.56 Å². The second kappa shape index (κ2) is 6.85. The van der Waals surface area contributed by atoms with Crippen LogP contribution in [0, 0.1) is 0 Å². The number of amides is 1. The standard InChI is InChI=1S/C15H18N4O2S/c20-14-1-3-16-12-19(14)10-15(21)18-6-4-17(5-7-18)9-13-2-8-22-11-13/h1-3,8,11-12H,4-7,9-10H2. The van der Waals surface area contributed by atoms with Crippen molar-refractivity contribution >= 4 is 17.2 Å². The molecule has 1 aliphatic rings. The molecule has 0 bridgehead atoms. The molecule has 0 radical (unpaired) electrons. The molecule has 1 amide bonds. The summed E-state index contributed by atoms with van der Waals surface area (Å²) in [6.45, 7) is 4.15. The minimum absolute atomic E-state index is 0.0229. The Bertz CT molecular complexity index is 675. The molecule has 7 heteroatoms. The van der Waals surface area contributed by atoms with Gasteiger partial charge in [0.05, 0.1) is 6.33 Å². The summed E-state index contributed by atoms with van der Waals surface area (Å²) in [4.78, 5) is 31.9. The van der Waals surface area contributed by atoms with Crippen molar-refractivity contribution in [2.24, 2.45) is 0 Å². The zero-order chi connectivity index (χ0) is 15.4. The molecule has 6 nitrogen and oxygen atoms in total. The maximum Gasteiger partial charge on any atom is 0.253 e. The number of piperazine rings is 1. The van der Waals surface area contributed by atoms with Crippen molar-refractivity contribution in [2.45, 2.75) is 13.1 Å². The van der Waals surface area contributed by atoms with E-state index in [1.54, 1.807) is 11.3 Å². The Balaban J connectivity index is 1.51. The van der Waals surface area contributed by atoms with Crippen LogP contribution in [0.3, 0.4) is 0 Å². The minimum Gasteiger partial charge on any atom is -0.339 e. The van der Waals surface area contributed by atoms with Crippen LogP contribution in [0.4, 0.5) is 0 Å². The molecule has 0 saturated carbocycles. The van der Waals surface area contributed by atoms with E-state index >= 15 is 0 Å². The van der Waals surface area contributed by atoms with E-state index in [2.05, 4.69) is 26.7 Å². The molecular formula is C15H18N4O2S. The van der Waals surface area contributed by atoms with E-state index in [0.29, 0.717) is 13.1 Å².